The molecule has 76 valence electrons. The van der Waals surface area contributed by atoms with Crippen molar-refractivity contribution in [3.63, 3.8) is 0 Å². The normalized spacial score (nSPS) is 16.3. The average molecular weight is 201 g/mol. The third-order valence-electron chi connectivity index (χ3n) is 2.62. The van der Waals surface area contributed by atoms with Gasteiger partial charge in [0.1, 0.15) is 5.69 Å². The zero-order valence-electron chi connectivity index (χ0n) is 8.17. The third kappa shape index (κ3) is 1.50. The first-order valence-corrected chi connectivity index (χ1v) is 4.96. The van der Waals surface area contributed by atoms with E-state index >= 15 is 0 Å². The highest BCUT2D eigenvalue weighted by atomic mass is 15.4. The largest absolute Gasteiger partial charge is 0.312 e. The molecule has 0 aromatic carbocycles. The summed E-state index contributed by atoms with van der Waals surface area (Å²) in [4.78, 5) is 3.98. The van der Waals surface area contributed by atoms with E-state index in [2.05, 4.69) is 20.6 Å². The molecule has 0 aliphatic carbocycles. The molecule has 3 rings (SSSR count). The second-order valence-corrected chi connectivity index (χ2v) is 3.63. The van der Waals surface area contributed by atoms with Gasteiger partial charge >= 0.3 is 0 Å². The smallest absolute Gasteiger partial charge is 0.113 e. The maximum absolute atomic E-state index is 4.15. The maximum Gasteiger partial charge on any atom is 0.113 e. The first-order valence-electron chi connectivity index (χ1n) is 4.96. The fourth-order valence-corrected chi connectivity index (χ4v) is 1.57. The van der Waals surface area contributed by atoms with Crippen LogP contribution < -0.4 is 5.32 Å². The van der Waals surface area contributed by atoms with Crippen molar-refractivity contribution < 1.29 is 0 Å². The van der Waals surface area contributed by atoms with E-state index in [1.165, 1.54) is 0 Å². The van der Waals surface area contributed by atoms with Gasteiger partial charge in [0.25, 0.3) is 0 Å². The lowest BCUT2D eigenvalue weighted by Crippen LogP contribution is -2.43. The number of nitrogens with zero attached hydrogens (tertiary/aromatic N) is 4. The van der Waals surface area contributed by atoms with Crippen molar-refractivity contribution in [2.45, 2.75) is 6.04 Å². The Morgan fingerprint density at radius 3 is 2.73 bits per heavy atom. The van der Waals surface area contributed by atoms with Gasteiger partial charge < -0.3 is 5.32 Å². The van der Waals surface area contributed by atoms with E-state index in [-0.39, 0.29) is 0 Å². The van der Waals surface area contributed by atoms with Crippen LogP contribution in [0.2, 0.25) is 0 Å². The summed E-state index contributed by atoms with van der Waals surface area (Å²) in [7, 11) is 0. The Bertz CT molecular complexity index is 446. The number of nitrogens with one attached hydrogen (secondary N) is 1. The molecule has 0 atom stereocenters. The van der Waals surface area contributed by atoms with E-state index in [4.69, 9.17) is 0 Å². The minimum atomic E-state index is 0.466. The maximum atomic E-state index is 4.15. The monoisotopic (exact) mass is 201 g/mol. The summed E-state index contributed by atoms with van der Waals surface area (Å²) in [5.41, 5.74) is 1.97. The molecule has 5 heteroatoms. The predicted octanol–water partition coefficient (Wildman–Crippen LogP) is 0.484. The van der Waals surface area contributed by atoms with E-state index in [1.807, 2.05) is 23.0 Å². The molecule has 2 aromatic rings. The standard InChI is InChI=1S/C10H11N5/c1-3-11-4-2-8(1)10-7-15(14-13-10)9-5-12-6-9/h1-4,7,9,12H,5-6H2. The average Bonchev–Trinajstić information content (AvgIpc) is 2.66. The Morgan fingerprint density at radius 2 is 2.07 bits per heavy atom. The molecule has 0 spiro atoms. The van der Waals surface area contributed by atoms with Crippen LogP contribution in [0.1, 0.15) is 6.04 Å². The van der Waals surface area contributed by atoms with E-state index in [0.717, 1.165) is 24.3 Å². The topological polar surface area (TPSA) is 55.6 Å². The van der Waals surface area contributed by atoms with Crippen LogP contribution in [0.25, 0.3) is 11.3 Å². The van der Waals surface area contributed by atoms with Crippen LogP contribution in [0.3, 0.4) is 0 Å². The molecular weight excluding hydrogens is 190 g/mol. The van der Waals surface area contributed by atoms with Crippen molar-refractivity contribution >= 4 is 0 Å². The Balaban J connectivity index is 1.90. The summed E-state index contributed by atoms with van der Waals surface area (Å²) in [5.74, 6) is 0. The van der Waals surface area contributed by atoms with Crippen molar-refractivity contribution in [2.75, 3.05) is 13.1 Å². The van der Waals surface area contributed by atoms with Crippen molar-refractivity contribution in [2.24, 2.45) is 0 Å². The van der Waals surface area contributed by atoms with Crippen LogP contribution in [0.15, 0.2) is 30.7 Å². The molecule has 1 aliphatic rings. The first kappa shape index (κ1) is 8.55. The van der Waals surface area contributed by atoms with Gasteiger partial charge in [0.15, 0.2) is 0 Å². The predicted molar refractivity (Wildman–Crippen MR) is 55.2 cm³/mol. The number of hydrogen-bond acceptors (Lipinski definition) is 4. The van der Waals surface area contributed by atoms with Crippen LogP contribution in [0.5, 0.6) is 0 Å². The van der Waals surface area contributed by atoms with E-state index in [1.54, 1.807) is 12.4 Å². The van der Waals surface area contributed by atoms with Crippen molar-refractivity contribution in [3.8, 4) is 11.3 Å². The van der Waals surface area contributed by atoms with Gasteiger partial charge in [-0.2, -0.15) is 0 Å². The lowest BCUT2D eigenvalue weighted by Gasteiger charge is -2.26. The minimum Gasteiger partial charge on any atom is -0.312 e. The summed E-state index contributed by atoms with van der Waals surface area (Å²) in [6, 6.07) is 4.34. The molecule has 0 amide bonds. The summed E-state index contributed by atoms with van der Waals surface area (Å²) >= 11 is 0. The number of pyridine rings is 1. The molecule has 1 fully saturated rings. The lowest BCUT2D eigenvalue weighted by molar-refractivity contribution is 0.313. The molecule has 0 radical (unpaired) electrons. The summed E-state index contributed by atoms with van der Waals surface area (Å²) < 4.78 is 1.92. The molecule has 0 bridgehead atoms. The molecule has 1 N–H and O–H groups in total. The van der Waals surface area contributed by atoms with Gasteiger partial charge in [-0.25, -0.2) is 4.68 Å². The fourth-order valence-electron chi connectivity index (χ4n) is 1.57. The SMILES string of the molecule is c1cc(-c2cn(C3CNC3)nn2)ccn1. The van der Waals surface area contributed by atoms with Gasteiger partial charge in [0.05, 0.1) is 12.2 Å². The van der Waals surface area contributed by atoms with E-state index in [9.17, 15) is 0 Å². The van der Waals surface area contributed by atoms with Gasteiger partial charge in [-0.3, -0.25) is 4.98 Å². The Hall–Kier alpha value is -1.75. The van der Waals surface area contributed by atoms with Crippen molar-refractivity contribution in [1.82, 2.24) is 25.3 Å². The summed E-state index contributed by atoms with van der Waals surface area (Å²) in [5, 5.41) is 11.5. The molecule has 3 heterocycles. The van der Waals surface area contributed by atoms with Gasteiger partial charge in [-0.05, 0) is 12.1 Å². The Kier molecular flexibility index (Phi) is 1.96. The zero-order chi connectivity index (χ0) is 10.1. The molecule has 0 unspecified atom stereocenters. The third-order valence-corrected chi connectivity index (χ3v) is 2.62. The van der Waals surface area contributed by atoms with Crippen LogP contribution in [0.4, 0.5) is 0 Å². The summed E-state index contributed by atoms with van der Waals surface area (Å²) in [6.07, 6.45) is 5.51. The van der Waals surface area contributed by atoms with Crippen LogP contribution >= 0.6 is 0 Å². The van der Waals surface area contributed by atoms with Gasteiger partial charge in [-0.15, -0.1) is 5.10 Å². The van der Waals surface area contributed by atoms with Crippen molar-refractivity contribution in [3.05, 3.63) is 30.7 Å². The van der Waals surface area contributed by atoms with Gasteiger partial charge in [0.2, 0.25) is 0 Å². The lowest BCUT2D eigenvalue weighted by atomic mass is 10.2. The van der Waals surface area contributed by atoms with E-state index < -0.39 is 0 Å². The first-order chi connectivity index (χ1) is 7.43. The van der Waals surface area contributed by atoms with E-state index in [0.29, 0.717) is 6.04 Å². The van der Waals surface area contributed by atoms with Gasteiger partial charge in [0, 0.05) is 31.0 Å². The quantitative estimate of drug-likeness (QED) is 0.768. The van der Waals surface area contributed by atoms with Crippen LogP contribution in [-0.2, 0) is 0 Å². The highest BCUT2D eigenvalue weighted by Crippen LogP contribution is 2.17. The second kappa shape index (κ2) is 3.43. The zero-order valence-corrected chi connectivity index (χ0v) is 8.17. The number of hydrogen-bond donors (Lipinski definition) is 1. The summed E-state index contributed by atoms with van der Waals surface area (Å²) in [6.45, 7) is 1.97. The van der Waals surface area contributed by atoms with Gasteiger partial charge in [-0.1, -0.05) is 5.21 Å². The number of aromatic nitrogens is 4. The number of rotatable bonds is 2. The highest BCUT2D eigenvalue weighted by molar-refractivity contribution is 5.56. The fraction of sp³-hybridized carbons (Fsp3) is 0.300. The molecule has 5 nitrogen and oxygen atoms in total. The molecular formula is C10H11N5. The molecule has 1 aliphatic heterocycles. The molecule has 0 saturated carbocycles. The van der Waals surface area contributed by atoms with Crippen molar-refractivity contribution in [1.29, 1.82) is 0 Å². The second-order valence-electron chi connectivity index (χ2n) is 3.63. The minimum absolute atomic E-state index is 0.466. The van der Waals surface area contributed by atoms with Crippen LogP contribution in [0, 0.1) is 0 Å². The van der Waals surface area contributed by atoms with Crippen LogP contribution in [-0.4, -0.2) is 33.1 Å². The Labute approximate surface area is 87.1 Å². The molecule has 15 heavy (non-hydrogen) atoms. The highest BCUT2D eigenvalue weighted by Gasteiger charge is 2.20. The Morgan fingerprint density at radius 1 is 1.27 bits per heavy atom. The molecule has 2 aromatic heterocycles. The molecule has 1 saturated heterocycles.